The van der Waals surface area contributed by atoms with E-state index >= 15 is 0 Å². The molecule has 0 bridgehead atoms. The first-order valence-electron chi connectivity index (χ1n) is 5.74. The molecule has 1 aromatic heterocycles. The molecule has 1 rings (SSSR count). The highest BCUT2D eigenvalue weighted by Crippen LogP contribution is 2.19. The maximum absolute atomic E-state index is 11.8. The van der Waals surface area contributed by atoms with Crippen LogP contribution in [-0.2, 0) is 10.8 Å². The molecule has 2 amide bonds. The Morgan fingerprint density at radius 3 is 2.72 bits per heavy atom. The molecule has 0 aromatic carbocycles. The van der Waals surface area contributed by atoms with Gasteiger partial charge in [-0.2, -0.15) is 0 Å². The molecule has 0 spiro atoms. The molecular weight excluding hydrogens is 272 g/mol. The van der Waals surface area contributed by atoms with Gasteiger partial charge in [0.25, 0.3) is 0 Å². The number of nitrogens with zero attached hydrogens (tertiary/aromatic N) is 3. The number of urea groups is 1. The van der Waals surface area contributed by atoms with Gasteiger partial charge in [-0.25, -0.2) is 4.79 Å². The van der Waals surface area contributed by atoms with E-state index in [-0.39, 0.29) is 6.03 Å². The highest BCUT2D eigenvalue weighted by atomic mass is 32.2. The number of rotatable bonds is 6. The van der Waals surface area contributed by atoms with Crippen LogP contribution in [0, 0.1) is 0 Å². The van der Waals surface area contributed by atoms with Crippen molar-refractivity contribution in [2.24, 2.45) is 0 Å². The van der Waals surface area contributed by atoms with Gasteiger partial charge in [0, 0.05) is 19.8 Å². The lowest BCUT2D eigenvalue weighted by atomic mass is 10.3. The van der Waals surface area contributed by atoms with Gasteiger partial charge in [0.1, 0.15) is 0 Å². The maximum Gasteiger partial charge on any atom is 0.323 e. The highest BCUT2D eigenvalue weighted by molar-refractivity contribution is 7.87. The van der Waals surface area contributed by atoms with Crippen LogP contribution in [-0.4, -0.2) is 45.2 Å². The van der Waals surface area contributed by atoms with Crippen LogP contribution in [0.1, 0.15) is 26.2 Å². The molecule has 0 saturated carbocycles. The molecule has 0 saturated heterocycles. The van der Waals surface area contributed by atoms with Gasteiger partial charge in [-0.3, -0.25) is 9.53 Å². The fraction of sp³-hybridized carbons (Fsp3) is 0.700. The van der Waals surface area contributed by atoms with E-state index in [0.717, 1.165) is 30.6 Å². The van der Waals surface area contributed by atoms with Gasteiger partial charge in [0.05, 0.1) is 10.8 Å². The Kier molecular flexibility index (Phi) is 6.20. The van der Waals surface area contributed by atoms with Crippen LogP contribution in [0.25, 0.3) is 0 Å². The summed E-state index contributed by atoms with van der Waals surface area (Å²) in [5.74, 6) is 0.601. The summed E-state index contributed by atoms with van der Waals surface area (Å²) in [4.78, 5) is 12.8. The monoisotopic (exact) mass is 290 g/mol. The summed E-state index contributed by atoms with van der Waals surface area (Å²) < 4.78 is 12.3. The van der Waals surface area contributed by atoms with Crippen molar-refractivity contribution in [2.45, 2.75) is 30.5 Å². The van der Waals surface area contributed by atoms with Gasteiger partial charge in [-0.1, -0.05) is 31.1 Å². The van der Waals surface area contributed by atoms with E-state index in [9.17, 15) is 9.00 Å². The molecule has 0 radical (unpaired) electrons. The second kappa shape index (κ2) is 7.42. The number of hydrogen-bond acceptors (Lipinski definition) is 5. The second-order valence-electron chi connectivity index (χ2n) is 3.95. The second-order valence-corrected chi connectivity index (χ2v) is 6.68. The van der Waals surface area contributed by atoms with Crippen LogP contribution < -0.4 is 5.32 Å². The van der Waals surface area contributed by atoms with Crippen molar-refractivity contribution in [3.8, 4) is 0 Å². The number of nitrogens with one attached hydrogen (secondary N) is 1. The average molecular weight is 290 g/mol. The van der Waals surface area contributed by atoms with Gasteiger partial charge in [-0.15, -0.1) is 10.2 Å². The Morgan fingerprint density at radius 2 is 2.11 bits per heavy atom. The molecule has 0 aliphatic rings. The zero-order valence-corrected chi connectivity index (χ0v) is 12.4. The van der Waals surface area contributed by atoms with Crippen LogP contribution in [0.4, 0.5) is 9.93 Å². The molecular formula is C10H18N4O2S2. The summed E-state index contributed by atoms with van der Waals surface area (Å²) in [5.41, 5.74) is 0. The van der Waals surface area contributed by atoms with E-state index in [1.54, 1.807) is 14.1 Å². The van der Waals surface area contributed by atoms with Gasteiger partial charge >= 0.3 is 6.03 Å². The quantitative estimate of drug-likeness (QED) is 0.641. The third-order valence-corrected chi connectivity index (χ3v) is 4.73. The number of hydrogen-bond donors (Lipinski definition) is 1. The first-order chi connectivity index (χ1) is 8.54. The number of unbranched alkanes of at least 4 members (excludes halogenated alkanes) is 2. The minimum atomic E-state index is -1.11. The van der Waals surface area contributed by atoms with E-state index in [2.05, 4.69) is 22.4 Å². The molecule has 6 nitrogen and oxygen atoms in total. The minimum absolute atomic E-state index is 0.269. The molecule has 1 aromatic rings. The normalized spacial score (nSPS) is 12.2. The molecule has 0 aliphatic heterocycles. The van der Waals surface area contributed by atoms with E-state index in [4.69, 9.17) is 0 Å². The fourth-order valence-electron chi connectivity index (χ4n) is 1.13. The van der Waals surface area contributed by atoms with E-state index < -0.39 is 10.8 Å². The molecule has 1 N–H and O–H groups in total. The molecule has 18 heavy (non-hydrogen) atoms. The van der Waals surface area contributed by atoms with E-state index in [0.29, 0.717) is 15.2 Å². The van der Waals surface area contributed by atoms with Crippen molar-refractivity contribution < 1.29 is 9.00 Å². The molecule has 102 valence electrons. The summed E-state index contributed by atoms with van der Waals surface area (Å²) >= 11 is 1.16. The summed E-state index contributed by atoms with van der Waals surface area (Å²) in [6.45, 7) is 2.10. The molecule has 8 heteroatoms. The Balaban J connectivity index is 2.52. The molecule has 1 heterocycles. The third kappa shape index (κ3) is 4.69. The number of carbonyl (C=O) groups excluding carboxylic acids is 1. The fourth-order valence-corrected chi connectivity index (χ4v) is 3.22. The van der Waals surface area contributed by atoms with E-state index in [1.807, 2.05) is 0 Å². The van der Waals surface area contributed by atoms with Crippen LogP contribution in [0.2, 0.25) is 0 Å². The lowest BCUT2D eigenvalue weighted by Gasteiger charge is -2.08. The minimum Gasteiger partial charge on any atom is -0.331 e. The lowest BCUT2D eigenvalue weighted by Crippen LogP contribution is -2.27. The Labute approximate surface area is 113 Å². The third-order valence-electron chi connectivity index (χ3n) is 2.15. The van der Waals surface area contributed by atoms with Gasteiger partial charge in [0.2, 0.25) is 9.47 Å². The lowest BCUT2D eigenvalue weighted by molar-refractivity contribution is 0.230. The van der Waals surface area contributed by atoms with Gasteiger partial charge in [-0.05, 0) is 6.42 Å². The number of carbonyl (C=O) groups is 1. The highest BCUT2D eigenvalue weighted by Gasteiger charge is 2.13. The molecule has 0 aliphatic carbocycles. The van der Waals surface area contributed by atoms with Crippen molar-refractivity contribution in [3.05, 3.63) is 0 Å². The predicted molar refractivity (Wildman–Crippen MR) is 73.4 cm³/mol. The van der Waals surface area contributed by atoms with Crippen molar-refractivity contribution in [3.63, 3.8) is 0 Å². The van der Waals surface area contributed by atoms with E-state index in [1.165, 1.54) is 4.90 Å². The van der Waals surface area contributed by atoms with Crippen LogP contribution in [0.5, 0.6) is 0 Å². The topological polar surface area (TPSA) is 75.2 Å². The average Bonchev–Trinajstić information content (AvgIpc) is 2.77. The number of anilines is 1. The first kappa shape index (κ1) is 15.0. The first-order valence-corrected chi connectivity index (χ1v) is 7.88. The van der Waals surface area contributed by atoms with Gasteiger partial charge in [0.15, 0.2) is 0 Å². The Bertz CT molecular complexity index is 420. The van der Waals surface area contributed by atoms with Crippen LogP contribution in [0.3, 0.4) is 0 Å². The summed E-state index contributed by atoms with van der Waals surface area (Å²) in [6.07, 6.45) is 3.08. The van der Waals surface area contributed by atoms with Crippen molar-refractivity contribution in [1.29, 1.82) is 0 Å². The molecule has 0 fully saturated rings. The Morgan fingerprint density at radius 1 is 1.39 bits per heavy atom. The summed E-state index contributed by atoms with van der Waals surface area (Å²) in [7, 11) is 2.17. The van der Waals surface area contributed by atoms with Crippen LogP contribution >= 0.6 is 11.3 Å². The predicted octanol–water partition coefficient (Wildman–Crippen LogP) is 1.93. The molecule has 1 atom stereocenters. The number of amides is 2. The maximum atomic E-state index is 11.8. The smallest absolute Gasteiger partial charge is 0.323 e. The standard InChI is InChI=1S/C10H18N4O2S2/c1-4-5-6-7-18(16)10-13-12-8(17-10)11-9(15)14(2)3/h4-7H2,1-3H3,(H,11,12,15). The summed E-state index contributed by atoms with van der Waals surface area (Å²) in [5, 5.41) is 10.6. The molecule has 1 unspecified atom stereocenters. The largest absolute Gasteiger partial charge is 0.331 e. The van der Waals surface area contributed by atoms with Gasteiger partial charge < -0.3 is 4.90 Å². The zero-order chi connectivity index (χ0) is 13.5. The number of aromatic nitrogens is 2. The van der Waals surface area contributed by atoms with Crippen molar-refractivity contribution >= 4 is 33.3 Å². The van der Waals surface area contributed by atoms with Crippen LogP contribution in [0.15, 0.2) is 4.34 Å². The van der Waals surface area contributed by atoms with Crippen molar-refractivity contribution in [2.75, 3.05) is 25.2 Å². The van der Waals surface area contributed by atoms with Crippen molar-refractivity contribution in [1.82, 2.24) is 15.1 Å². The summed E-state index contributed by atoms with van der Waals surface area (Å²) in [6, 6.07) is -0.269. The Hall–Kier alpha value is -1.02. The SMILES string of the molecule is CCCCCS(=O)c1nnc(NC(=O)N(C)C)s1. The zero-order valence-electron chi connectivity index (χ0n) is 10.8.